The highest BCUT2D eigenvalue weighted by Crippen LogP contribution is 2.64. The van der Waals surface area contributed by atoms with Crippen LogP contribution in [0.2, 0.25) is 0 Å². The molecular formula is C14H18O. The van der Waals surface area contributed by atoms with Crippen molar-refractivity contribution in [2.45, 2.75) is 32.8 Å². The molecule has 4 aliphatic rings. The number of allylic oxidation sites excluding steroid dienone is 3. The van der Waals surface area contributed by atoms with Crippen molar-refractivity contribution in [1.29, 1.82) is 0 Å². The maximum atomic E-state index is 10.5. The summed E-state index contributed by atoms with van der Waals surface area (Å²) in [5, 5.41) is 10.5. The molecule has 1 nitrogen and oxygen atoms in total. The average molecular weight is 202 g/mol. The van der Waals surface area contributed by atoms with Crippen molar-refractivity contribution in [2.75, 3.05) is 0 Å². The fraction of sp³-hybridized carbons (Fsp3) is 0.571. The minimum Gasteiger partial charge on any atom is -0.388 e. The van der Waals surface area contributed by atoms with E-state index in [2.05, 4.69) is 38.7 Å². The van der Waals surface area contributed by atoms with E-state index >= 15 is 0 Å². The van der Waals surface area contributed by atoms with Crippen LogP contribution in [0.5, 0.6) is 0 Å². The monoisotopic (exact) mass is 202 g/mol. The van der Waals surface area contributed by atoms with Crippen molar-refractivity contribution in [3.63, 3.8) is 0 Å². The smallest absolute Gasteiger partial charge is 0.0857 e. The van der Waals surface area contributed by atoms with Gasteiger partial charge in [-0.15, -0.1) is 0 Å². The fourth-order valence-corrected chi connectivity index (χ4v) is 3.96. The molecule has 0 heterocycles. The Balaban J connectivity index is 2.24. The molecule has 15 heavy (non-hydrogen) atoms. The summed E-state index contributed by atoms with van der Waals surface area (Å²) in [4.78, 5) is 0. The van der Waals surface area contributed by atoms with E-state index in [1.165, 1.54) is 5.57 Å². The molecule has 0 aromatic heterocycles. The van der Waals surface area contributed by atoms with Crippen LogP contribution in [0.15, 0.2) is 36.0 Å². The Morgan fingerprint density at radius 2 is 2.27 bits per heavy atom. The first kappa shape index (κ1) is 9.41. The second kappa shape index (κ2) is 2.46. The number of aliphatic hydroxyl groups is 1. The fourth-order valence-electron chi connectivity index (χ4n) is 3.96. The van der Waals surface area contributed by atoms with Gasteiger partial charge in [0.2, 0.25) is 0 Å². The molecule has 0 amide bonds. The number of hydrogen-bond acceptors (Lipinski definition) is 1. The van der Waals surface area contributed by atoms with E-state index in [1.54, 1.807) is 0 Å². The van der Waals surface area contributed by atoms with Gasteiger partial charge < -0.3 is 5.11 Å². The van der Waals surface area contributed by atoms with E-state index in [4.69, 9.17) is 0 Å². The minimum atomic E-state index is -0.346. The molecule has 80 valence electrons. The highest BCUT2D eigenvalue weighted by molar-refractivity contribution is 5.45. The Morgan fingerprint density at radius 1 is 1.53 bits per heavy atom. The largest absolute Gasteiger partial charge is 0.388 e. The molecule has 0 aliphatic heterocycles. The molecule has 0 saturated heterocycles. The number of rotatable bonds is 0. The van der Waals surface area contributed by atoms with E-state index in [9.17, 15) is 5.11 Å². The van der Waals surface area contributed by atoms with Crippen LogP contribution in [0.4, 0.5) is 0 Å². The van der Waals surface area contributed by atoms with Gasteiger partial charge in [0.1, 0.15) is 0 Å². The van der Waals surface area contributed by atoms with Crippen molar-refractivity contribution in [3.8, 4) is 0 Å². The Labute approximate surface area is 91.2 Å². The molecule has 2 bridgehead atoms. The SMILES string of the molecule is C=C1C(O)[C@]23CC=C[C@H]2C[C@@]1(C)C=C3C. The third-order valence-corrected chi connectivity index (χ3v) is 4.95. The van der Waals surface area contributed by atoms with Crippen LogP contribution in [0.1, 0.15) is 26.7 Å². The van der Waals surface area contributed by atoms with Crippen LogP contribution in [0, 0.1) is 16.7 Å². The van der Waals surface area contributed by atoms with Gasteiger partial charge in [-0.3, -0.25) is 0 Å². The summed E-state index contributed by atoms with van der Waals surface area (Å²) >= 11 is 0. The van der Waals surface area contributed by atoms with Crippen molar-refractivity contribution in [1.82, 2.24) is 0 Å². The molecule has 1 fully saturated rings. The first-order valence-electron chi connectivity index (χ1n) is 5.75. The summed E-state index contributed by atoms with van der Waals surface area (Å²) in [6, 6.07) is 0. The van der Waals surface area contributed by atoms with Crippen LogP contribution in [0.3, 0.4) is 0 Å². The van der Waals surface area contributed by atoms with E-state index in [0.717, 1.165) is 18.4 Å². The summed E-state index contributed by atoms with van der Waals surface area (Å²) in [6.07, 6.45) is 8.62. The van der Waals surface area contributed by atoms with Crippen LogP contribution in [-0.2, 0) is 0 Å². The van der Waals surface area contributed by atoms with Gasteiger partial charge in [0, 0.05) is 10.8 Å². The van der Waals surface area contributed by atoms with E-state index in [1.807, 2.05) is 0 Å². The van der Waals surface area contributed by atoms with Gasteiger partial charge in [-0.1, -0.05) is 37.3 Å². The van der Waals surface area contributed by atoms with E-state index < -0.39 is 0 Å². The number of aliphatic hydroxyl groups excluding tert-OH is 1. The lowest BCUT2D eigenvalue weighted by molar-refractivity contribution is -0.00822. The molecule has 1 N–H and O–H groups in total. The average Bonchev–Trinajstić information content (AvgIpc) is 2.58. The first-order chi connectivity index (χ1) is 7.01. The lowest BCUT2D eigenvalue weighted by Gasteiger charge is -2.57. The minimum absolute atomic E-state index is 0.0184. The molecule has 0 radical (unpaired) electrons. The molecular weight excluding hydrogens is 184 g/mol. The summed E-state index contributed by atoms with van der Waals surface area (Å²) in [5.74, 6) is 0.521. The van der Waals surface area contributed by atoms with Crippen LogP contribution in [-0.4, -0.2) is 11.2 Å². The Morgan fingerprint density at radius 3 is 3.00 bits per heavy atom. The lowest BCUT2D eigenvalue weighted by Crippen LogP contribution is -2.53. The first-order valence-corrected chi connectivity index (χ1v) is 5.75. The second-order valence-corrected chi connectivity index (χ2v) is 5.66. The zero-order chi connectivity index (χ0) is 10.8. The normalized spacial score (nSPS) is 51.9. The standard InChI is InChI=1S/C14H18O/c1-9-7-13(3)8-11-5-4-6-14(9,11)12(15)10(13)2/h4-5,7,11-12,15H,2,6,8H2,1,3H3/t11-,12?,13+,14-/m0/s1. The summed E-state index contributed by atoms with van der Waals surface area (Å²) in [7, 11) is 0. The predicted octanol–water partition coefficient (Wildman–Crippen LogP) is 2.84. The quantitative estimate of drug-likeness (QED) is 0.599. The summed E-state index contributed by atoms with van der Waals surface area (Å²) < 4.78 is 0. The van der Waals surface area contributed by atoms with Crippen molar-refractivity contribution in [2.24, 2.45) is 16.7 Å². The van der Waals surface area contributed by atoms with Crippen LogP contribution in [0.25, 0.3) is 0 Å². The molecule has 4 rings (SSSR count). The molecule has 0 aromatic carbocycles. The van der Waals surface area contributed by atoms with Crippen molar-refractivity contribution in [3.05, 3.63) is 36.0 Å². The Hall–Kier alpha value is -0.820. The van der Waals surface area contributed by atoms with Gasteiger partial charge in [-0.25, -0.2) is 0 Å². The van der Waals surface area contributed by atoms with Gasteiger partial charge in [0.25, 0.3) is 0 Å². The van der Waals surface area contributed by atoms with Crippen molar-refractivity contribution >= 4 is 0 Å². The third-order valence-electron chi connectivity index (χ3n) is 4.95. The number of hydrogen-bond donors (Lipinski definition) is 1. The molecule has 4 aliphatic carbocycles. The Bertz CT molecular complexity index is 404. The molecule has 1 unspecified atom stereocenters. The molecule has 1 saturated carbocycles. The van der Waals surface area contributed by atoms with Gasteiger partial charge in [-0.05, 0) is 31.3 Å². The second-order valence-electron chi connectivity index (χ2n) is 5.66. The van der Waals surface area contributed by atoms with E-state index in [0.29, 0.717) is 5.92 Å². The number of fused-ring (bicyclic) bond motifs is 1. The maximum Gasteiger partial charge on any atom is 0.0857 e. The van der Waals surface area contributed by atoms with Gasteiger partial charge in [0.05, 0.1) is 6.10 Å². The molecule has 1 spiro atoms. The highest BCUT2D eigenvalue weighted by atomic mass is 16.3. The molecule has 0 aromatic rings. The maximum absolute atomic E-state index is 10.5. The van der Waals surface area contributed by atoms with Crippen molar-refractivity contribution < 1.29 is 5.11 Å². The topological polar surface area (TPSA) is 20.2 Å². The molecule has 1 heteroatoms. The summed E-state index contributed by atoms with van der Waals surface area (Å²) in [6.45, 7) is 8.50. The van der Waals surface area contributed by atoms with Crippen LogP contribution < -0.4 is 0 Å². The van der Waals surface area contributed by atoms with Gasteiger partial charge >= 0.3 is 0 Å². The summed E-state index contributed by atoms with van der Waals surface area (Å²) in [5.41, 5.74) is 2.37. The zero-order valence-electron chi connectivity index (χ0n) is 9.46. The van der Waals surface area contributed by atoms with Gasteiger partial charge in [-0.2, -0.15) is 0 Å². The molecule has 4 atom stereocenters. The predicted molar refractivity (Wildman–Crippen MR) is 61.3 cm³/mol. The zero-order valence-corrected chi connectivity index (χ0v) is 9.46. The third kappa shape index (κ3) is 0.844. The Kier molecular flexibility index (Phi) is 1.54. The van der Waals surface area contributed by atoms with Crippen LogP contribution >= 0.6 is 0 Å². The lowest BCUT2D eigenvalue weighted by atomic mass is 9.48. The highest BCUT2D eigenvalue weighted by Gasteiger charge is 2.59. The van der Waals surface area contributed by atoms with E-state index in [-0.39, 0.29) is 16.9 Å². The van der Waals surface area contributed by atoms with Gasteiger partial charge in [0.15, 0.2) is 0 Å².